The fourth-order valence-electron chi connectivity index (χ4n) is 3.90. The van der Waals surface area contributed by atoms with Gasteiger partial charge >= 0.3 is 23.0 Å². The average Bonchev–Trinajstić information content (AvgIpc) is 2.61. The van der Waals surface area contributed by atoms with Gasteiger partial charge in [0.15, 0.2) is 0 Å². The zero-order valence-electron chi connectivity index (χ0n) is 18.9. The number of aliphatic hydroxyl groups excluding tert-OH is 2. The molecule has 0 radical (unpaired) electrons. The van der Waals surface area contributed by atoms with Crippen LogP contribution in [-0.2, 0) is 36.1 Å². The summed E-state index contributed by atoms with van der Waals surface area (Å²) in [6, 6.07) is 0. The van der Waals surface area contributed by atoms with E-state index in [4.69, 9.17) is 9.47 Å². The largest absolute Gasteiger partial charge is 1.00 e. The molecule has 2 fully saturated rings. The minimum Gasteiger partial charge on any atom is -0.635 e. The van der Waals surface area contributed by atoms with Crippen molar-refractivity contribution in [2.75, 3.05) is 79.0 Å². The first-order valence-corrected chi connectivity index (χ1v) is 10.4. The summed E-state index contributed by atoms with van der Waals surface area (Å²) >= 11 is 0. The summed E-state index contributed by atoms with van der Waals surface area (Å²) in [6.07, 6.45) is 0. The first-order chi connectivity index (χ1) is 14.5. The van der Waals surface area contributed by atoms with Crippen LogP contribution in [0.3, 0.4) is 0 Å². The Morgan fingerprint density at radius 3 is 2.28 bits per heavy atom. The van der Waals surface area contributed by atoms with Crippen LogP contribution in [0.25, 0.3) is 0 Å². The molecule has 0 aliphatic carbocycles. The smallest absolute Gasteiger partial charge is 0.635 e. The number of fused-ring (bicyclic) bond motifs is 2. The number of carbonyl (C=O) groups excluding carboxylic acids is 2. The van der Waals surface area contributed by atoms with Crippen molar-refractivity contribution in [3.8, 4) is 0 Å². The summed E-state index contributed by atoms with van der Waals surface area (Å²) in [5.74, 6) is -0.643. The summed E-state index contributed by atoms with van der Waals surface area (Å²) in [5.41, 5.74) is -0.753. The van der Waals surface area contributed by atoms with Gasteiger partial charge in [0.1, 0.15) is 5.60 Å². The van der Waals surface area contributed by atoms with Crippen LogP contribution in [0.4, 0.5) is 0 Å². The van der Waals surface area contributed by atoms with Gasteiger partial charge in [-0.05, 0) is 14.0 Å². The van der Waals surface area contributed by atoms with Crippen LogP contribution >= 0.6 is 0 Å². The molecule has 186 valence electrons. The average molecular weight is 503 g/mol. The second kappa shape index (κ2) is 13.2. The number of ether oxygens (including phenoxy) is 2. The van der Waals surface area contributed by atoms with E-state index in [0.29, 0.717) is 45.8 Å². The molecule has 10 nitrogen and oxygen atoms in total. The zero-order chi connectivity index (χ0) is 23.0. The molecular weight excluding hydrogens is 468 g/mol. The Hall–Kier alpha value is -1.62. The molecule has 2 saturated heterocycles. The fourth-order valence-corrected chi connectivity index (χ4v) is 3.90. The summed E-state index contributed by atoms with van der Waals surface area (Å²) in [7, 11) is 1.81. The molecule has 0 saturated carbocycles. The quantitative estimate of drug-likeness (QED) is 0.236. The summed E-state index contributed by atoms with van der Waals surface area (Å²) in [5, 5.41) is 19.3. The van der Waals surface area contributed by atoms with Crippen molar-refractivity contribution < 1.29 is 46.3 Å². The SMILES string of the molecule is C=C(O)CN1C[CH-]OC(=O)CN(C)CCN(CC(=C)O)CC2(C)CN(CC1)CC(=O)O2.[Cu+]. The predicted octanol–water partition coefficient (Wildman–Crippen LogP) is -0.000810. The maximum Gasteiger partial charge on any atom is 1.00 e. The number of cyclic esters (lactones) is 1. The van der Waals surface area contributed by atoms with Crippen molar-refractivity contribution >= 4 is 11.9 Å². The van der Waals surface area contributed by atoms with Gasteiger partial charge in [-0.15, -0.1) is 6.61 Å². The summed E-state index contributed by atoms with van der Waals surface area (Å²) in [4.78, 5) is 32.1. The van der Waals surface area contributed by atoms with E-state index < -0.39 is 5.60 Å². The molecule has 2 rings (SSSR count). The molecule has 11 heteroatoms. The van der Waals surface area contributed by atoms with Crippen LogP contribution in [0.15, 0.2) is 24.7 Å². The van der Waals surface area contributed by atoms with E-state index in [0.717, 1.165) is 0 Å². The molecule has 0 aromatic rings. The topological polar surface area (TPSA) is 106 Å². The van der Waals surface area contributed by atoms with Gasteiger partial charge in [-0.25, -0.2) is 0 Å². The third-order valence-electron chi connectivity index (χ3n) is 5.12. The van der Waals surface area contributed by atoms with Gasteiger partial charge in [-0.1, -0.05) is 19.7 Å². The van der Waals surface area contributed by atoms with Gasteiger partial charge in [-0.2, -0.15) is 0 Å². The van der Waals surface area contributed by atoms with Gasteiger partial charge in [0.25, 0.3) is 5.97 Å². The van der Waals surface area contributed by atoms with Crippen LogP contribution in [-0.4, -0.2) is 126 Å². The molecule has 2 atom stereocenters. The molecular formula is C21H35CuN4O6. The van der Waals surface area contributed by atoms with E-state index in [-0.39, 0.29) is 66.7 Å². The van der Waals surface area contributed by atoms with E-state index in [1.807, 2.05) is 33.6 Å². The third kappa shape index (κ3) is 10.3. The van der Waals surface area contributed by atoms with Gasteiger partial charge in [0.05, 0.1) is 37.7 Å². The number of aliphatic hydroxyl groups is 2. The van der Waals surface area contributed by atoms with Crippen molar-refractivity contribution in [2.24, 2.45) is 0 Å². The molecule has 32 heavy (non-hydrogen) atoms. The van der Waals surface area contributed by atoms with Crippen LogP contribution in [0.2, 0.25) is 0 Å². The van der Waals surface area contributed by atoms with Gasteiger partial charge < -0.3 is 24.6 Å². The van der Waals surface area contributed by atoms with Crippen molar-refractivity contribution in [3.63, 3.8) is 0 Å². The van der Waals surface area contributed by atoms with E-state index in [2.05, 4.69) is 13.2 Å². The molecule has 2 aliphatic rings. The molecule has 2 bridgehead atoms. The Bertz CT molecular complexity index is 679. The minimum atomic E-state index is -0.753. The molecule has 2 aliphatic heterocycles. The first-order valence-electron chi connectivity index (χ1n) is 10.4. The van der Waals surface area contributed by atoms with Gasteiger partial charge in [0, 0.05) is 39.3 Å². The second-order valence-electron chi connectivity index (χ2n) is 8.61. The Kier molecular flexibility index (Phi) is 11.7. The van der Waals surface area contributed by atoms with E-state index >= 15 is 0 Å². The van der Waals surface area contributed by atoms with Gasteiger partial charge in [-0.3, -0.25) is 24.3 Å². The number of rotatable bonds is 4. The number of esters is 2. The molecule has 2 heterocycles. The summed E-state index contributed by atoms with van der Waals surface area (Å²) < 4.78 is 10.9. The number of hydrogen-bond acceptors (Lipinski definition) is 10. The first kappa shape index (κ1) is 28.4. The summed E-state index contributed by atoms with van der Waals surface area (Å²) in [6.45, 7) is 14.7. The number of likely N-dealkylation sites (N-methyl/N-ethyl adjacent to an activating group) is 1. The molecule has 0 aromatic heterocycles. The molecule has 0 amide bonds. The number of hydrogen-bond donors (Lipinski definition) is 2. The Balaban J connectivity index is 0.00000512. The third-order valence-corrected chi connectivity index (χ3v) is 5.12. The molecule has 2 unspecified atom stereocenters. The van der Waals surface area contributed by atoms with Crippen molar-refractivity contribution in [2.45, 2.75) is 12.5 Å². The van der Waals surface area contributed by atoms with E-state index in [1.54, 1.807) is 0 Å². The van der Waals surface area contributed by atoms with Crippen LogP contribution in [0, 0.1) is 6.61 Å². The standard InChI is InChI=1S/C21H35N4O6.Cu/c1-17(26)11-23-7-8-25-14-20(29)31-21(3,16-25)15-24(12-18(2)27)6-5-22(4)13-19(28)30-10-9-23;/h10,26-27H,1-2,5-9,11-16H2,3-4H3;/q-1;+1. The number of morpholine rings is 1. The Morgan fingerprint density at radius 1 is 1.00 bits per heavy atom. The second-order valence-corrected chi connectivity index (χ2v) is 8.61. The van der Waals surface area contributed by atoms with Crippen molar-refractivity contribution in [1.29, 1.82) is 0 Å². The van der Waals surface area contributed by atoms with Crippen molar-refractivity contribution in [3.05, 3.63) is 31.3 Å². The normalized spacial score (nSPS) is 27.6. The van der Waals surface area contributed by atoms with E-state index in [9.17, 15) is 19.8 Å². The zero-order valence-corrected chi connectivity index (χ0v) is 19.8. The van der Waals surface area contributed by atoms with Crippen LogP contribution in [0.1, 0.15) is 6.92 Å². The van der Waals surface area contributed by atoms with E-state index in [1.165, 1.54) is 6.61 Å². The maximum absolute atomic E-state index is 12.3. The maximum atomic E-state index is 12.3. The van der Waals surface area contributed by atoms with Crippen molar-refractivity contribution in [1.82, 2.24) is 19.6 Å². The fraction of sp³-hybridized carbons (Fsp3) is 0.667. The van der Waals surface area contributed by atoms with Gasteiger partial charge in [0.2, 0.25) is 0 Å². The number of carbonyl (C=O) groups is 2. The monoisotopic (exact) mass is 502 g/mol. The van der Waals surface area contributed by atoms with Crippen LogP contribution < -0.4 is 0 Å². The molecule has 0 spiro atoms. The Labute approximate surface area is 200 Å². The molecule has 2 N–H and O–H groups in total. The number of nitrogens with zero attached hydrogens (tertiary/aromatic N) is 4. The minimum absolute atomic E-state index is 0. The molecule has 0 aromatic carbocycles. The predicted molar refractivity (Wildman–Crippen MR) is 115 cm³/mol. The Morgan fingerprint density at radius 2 is 1.62 bits per heavy atom. The van der Waals surface area contributed by atoms with Crippen LogP contribution in [0.5, 0.6) is 0 Å².